The summed E-state index contributed by atoms with van der Waals surface area (Å²) >= 11 is 0. The van der Waals surface area contributed by atoms with E-state index < -0.39 is 0 Å². The number of methoxy groups -OCH3 is 2. The minimum Gasteiger partial charge on any atom is -0.502 e. The molecule has 0 saturated carbocycles. The van der Waals surface area contributed by atoms with Crippen molar-refractivity contribution in [2.45, 2.75) is 13.1 Å². The SMILES string of the molecule is COc1cc(CNCc2ccco2)cc(OC)c1O.Cl. The lowest BCUT2D eigenvalue weighted by molar-refractivity contribution is 0.339. The van der Waals surface area contributed by atoms with Crippen LogP contribution in [0.5, 0.6) is 17.2 Å². The predicted octanol–water partition coefficient (Wildman–Crippen LogP) is 2.71. The molecule has 0 atom stereocenters. The van der Waals surface area contributed by atoms with E-state index in [4.69, 9.17) is 13.9 Å². The van der Waals surface area contributed by atoms with Crippen LogP contribution in [-0.4, -0.2) is 19.3 Å². The van der Waals surface area contributed by atoms with Crippen LogP contribution < -0.4 is 14.8 Å². The first-order chi connectivity index (χ1) is 9.24. The van der Waals surface area contributed by atoms with E-state index in [-0.39, 0.29) is 18.2 Å². The molecule has 5 nitrogen and oxygen atoms in total. The van der Waals surface area contributed by atoms with Gasteiger partial charge in [-0.1, -0.05) is 0 Å². The van der Waals surface area contributed by atoms with E-state index in [9.17, 15) is 5.11 Å². The summed E-state index contributed by atoms with van der Waals surface area (Å²) in [6.07, 6.45) is 1.64. The Bertz CT molecular complexity index is 503. The summed E-state index contributed by atoms with van der Waals surface area (Å²) in [4.78, 5) is 0. The van der Waals surface area contributed by atoms with Crippen molar-refractivity contribution >= 4 is 12.4 Å². The van der Waals surface area contributed by atoms with Gasteiger partial charge in [0.1, 0.15) is 5.76 Å². The molecule has 2 N–H and O–H groups in total. The summed E-state index contributed by atoms with van der Waals surface area (Å²) in [5, 5.41) is 13.0. The molecule has 20 heavy (non-hydrogen) atoms. The van der Waals surface area contributed by atoms with Crippen LogP contribution in [0.3, 0.4) is 0 Å². The van der Waals surface area contributed by atoms with Crippen molar-refractivity contribution in [2.24, 2.45) is 0 Å². The van der Waals surface area contributed by atoms with Crippen molar-refractivity contribution in [3.8, 4) is 17.2 Å². The van der Waals surface area contributed by atoms with Gasteiger partial charge in [0.15, 0.2) is 11.5 Å². The number of hydrogen-bond donors (Lipinski definition) is 2. The molecular formula is C14H18ClNO4. The Labute approximate surface area is 123 Å². The molecule has 0 unspecified atom stereocenters. The lowest BCUT2D eigenvalue weighted by Gasteiger charge is -2.11. The molecule has 0 bridgehead atoms. The van der Waals surface area contributed by atoms with Crippen molar-refractivity contribution in [1.29, 1.82) is 0 Å². The zero-order valence-electron chi connectivity index (χ0n) is 11.4. The van der Waals surface area contributed by atoms with Crippen molar-refractivity contribution in [3.63, 3.8) is 0 Å². The van der Waals surface area contributed by atoms with Crippen LogP contribution in [0.2, 0.25) is 0 Å². The summed E-state index contributed by atoms with van der Waals surface area (Å²) in [5.74, 6) is 1.68. The summed E-state index contributed by atoms with van der Waals surface area (Å²) < 4.78 is 15.4. The van der Waals surface area contributed by atoms with Gasteiger partial charge in [0.05, 0.1) is 27.0 Å². The molecule has 0 spiro atoms. The number of ether oxygens (including phenoxy) is 2. The smallest absolute Gasteiger partial charge is 0.200 e. The van der Waals surface area contributed by atoms with Crippen molar-refractivity contribution in [1.82, 2.24) is 5.32 Å². The summed E-state index contributed by atoms with van der Waals surface area (Å²) in [6.45, 7) is 1.26. The Kier molecular flexibility index (Phi) is 6.21. The lowest BCUT2D eigenvalue weighted by atomic mass is 10.2. The topological polar surface area (TPSA) is 63.9 Å². The summed E-state index contributed by atoms with van der Waals surface area (Å²) in [5.41, 5.74) is 0.957. The highest BCUT2D eigenvalue weighted by molar-refractivity contribution is 5.85. The Hall–Kier alpha value is -1.85. The van der Waals surface area contributed by atoms with Gasteiger partial charge in [-0.25, -0.2) is 0 Å². The molecule has 0 amide bonds. The monoisotopic (exact) mass is 299 g/mol. The number of halogens is 1. The van der Waals surface area contributed by atoms with Gasteiger partial charge in [-0.05, 0) is 29.8 Å². The van der Waals surface area contributed by atoms with Gasteiger partial charge in [0.25, 0.3) is 0 Å². The highest BCUT2D eigenvalue weighted by atomic mass is 35.5. The molecule has 0 aliphatic carbocycles. The number of rotatable bonds is 6. The number of nitrogens with one attached hydrogen (secondary N) is 1. The van der Waals surface area contributed by atoms with Crippen molar-refractivity contribution < 1.29 is 19.0 Å². The van der Waals surface area contributed by atoms with E-state index >= 15 is 0 Å². The van der Waals surface area contributed by atoms with E-state index in [1.165, 1.54) is 14.2 Å². The molecule has 1 heterocycles. The fraction of sp³-hybridized carbons (Fsp3) is 0.286. The van der Waals surface area contributed by atoms with E-state index in [1.807, 2.05) is 12.1 Å². The average Bonchev–Trinajstić information content (AvgIpc) is 2.93. The molecule has 0 radical (unpaired) electrons. The van der Waals surface area contributed by atoms with Crippen LogP contribution in [0, 0.1) is 0 Å². The van der Waals surface area contributed by atoms with Gasteiger partial charge < -0.3 is 24.3 Å². The number of benzene rings is 1. The van der Waals surface area contributed by atoms with Gasteiger partial charge in [0, 0.05) is 6.54 Å². The maximum absolute atomic E-state index is 9.80. The first-order valence-corrected chi connectivity index (χ1v) is 5.91. The Morgan fingerprint density at radius 2 is 1.80 bits per heavy atom. The van der Waals surface area contributed by atoms with Crippen molar-refractivity contribution in [2.75, 3.05) is 14.2 Å². The number of hydrogen-bond acceptors (Lipinski definition) is 5. The summed E-state index contributed by atoms with van der Waals surface area (Å²) in [6, 6.07) is 7.30. The fourth-order valence-corrected chi connectivity index (χ4v) is 1.79. The zero-order chi connectivity index (χ0) is 13.7. The molecule has 0 saturated heterocycles. The number of furan rings is 1. The van der Waals surface area contributed by atoms with E-state index in [0.29, 0.717) is 24.6 Å². The molecule has 1 aromatic heterocycles. The number of aromatic hydroxyl groups is 1. The molecule has 0 aliphatic heterocycles. The van der Waals surface area contributed by atoms with Gasteiger partial charge in [-0.3, -0.25) is 0 Å². The number of phenols is 1. The molecule has 1 aromatic carbocycles. The molecule has 0 fully saturated rings. The van der Waals surface area contributed by atoms with E-state index in [0.717, 1.165) is 11.3 Å². The third-order valence-electron chi connectivity index (χ3n) is 2.75. The lowest BCUT2D eigenvalue weighted by Crippen LogP contribution is -2.12. The Morgan fingerprint density at radius 3 is 2.30 bits per heavy atom. The third kappa shape index (κ3) is 3.82. The molecule has 0 aliphatic rings. The summed E-state index contributed by atoms with van der Waals surface area (Å²) in [7, 11) is 3.02. The second kappa shape index (κ2) is 7.67. The maximum Gasteiger partial charge on any atom is 0.200 e. The van der Waals surface area contributed by atoms with Crippen LogP contribution in [0.15, 0.2) is 34.9 Å². The first kappa shape index (κ1) is 16.2. The van der Waals surface area contributed by atoms with Gasteiger partial charge in [0.2, 0.25) is 5.75 Å². The van der Waals surface area contributed by atoms with E-state index in [1.54, 1.807) is 18.4 Å². The molecule has 2 aromatic rings. The maximum atomic E-state index is 9.80. The predicted molar refractivity (Wildman–Crippen MR) is 77.7 cm³/mol. The van der Waals surface area contributed by atoms with Crippen LogP contribution in [0.25, 0.3) is 0 Å². The second-order valence-corrected chi connectivity index (χ2v) is 4.03. The first-order valence-electron chi connectivity index (χ1n) is 5.91. The fourth-order valence-electron chi connectivity index (χ4n) is 1.79. The van der Waals surface area contributed by atoms with Gasteiger partial charge in [-0.15, -0.1) is 12.4 Å². The quantitative estimate of drug-likeness (QED) is 0.858. The minimum atomic E-state index is 0. The second-order valence-electron chi connectivity index (χ2n) is 4.03. The van der Waals surface area contributed by atoms with Gasteiger partial charge >= 0.3 is 0 Å². The highest BCUT2D eigenvalue weighted by Crippen LogP contribution is 2.36. The average molecular weight is 300 g/mol. The van der Waals surface area contributed by atoms with Crippen LogP contribution in [-0.2, 0) is 13.1 Å². The molecule has 6 heteroatoms. The standard InChI is InChI=1S/C14H17NO4.ClH/c1-17-12-6-10(7-13(18-2)14(12)16)8-15-9-11-4-3-5-19-11;/h3-7,15-16H,8-9H2,1-2H3;1H. The Morgan fingerprint density at radius 1 is 1.15 bits per heavy atom. The largest absolute Gasteiger partial charge is 0.502 e. The Balaban J connectivity index is 0.00000200. The van der Waals surface area contributed by atoms with E-state index in [2.05, 4.69) is 5.32 Å². The highest BCUT2D eigenvalue weighted by Gasteiger charge is 2.10. The van der Waals surface area contributed by atoms with Gasteiger partial charge in [-0.2, -0.15) is 0 Å². The van der Waals surface area contributed by atoms with Crippen LogP contribution in [0.4, 0.5) is 0 Å². The molecule has 110 valence electrons. The van der Waals surface area contributed by atoms with Crippen molar-refractivity contribution in [3.05, 3.63) is 41.9 Å². The number of phenolic OH excluding ortho intramolecular Hbond substituents is 1. The minimum absolute atomic E-state index is 0. The zero-order valence-corrected chi connectivity index (χ0v) is 12.2. The molecular weight excluding hydrogens is 282 g/mol. The van der Waals surface area contributed by atoms with Crippen LogP contribution >= 0.6 is 12.4 Å². The molecule has 2 rings (SSSR count). The normalized spacial score (nSPS) is 9.90. The third-order valence-corrected chi connectivity index (χ3v) is 2.75. The van der Waals surface area contributed by atoms with Crippen LogP contribution in [0.1, 0.15) is 11.3 Å².